The van der Waals surface area contributed by atoms with Crippen LogP contribution in [0.3, 0.4) is 0 Å². The molecule has 0 bridgehead atoms. The van der Waals surface area contributed by atoms with E-state index in [2.05, 4.69) is 16.0 Å². The minimum Gasteiger partial charge on any atom is -0.491 e. The van der Waals surface area contributed by atoms with Crippen molar-refractivity contribution in [3.63, 3.8) is 0 Å². The summed E-state index contributed by atoms with van der Waals surface area (Å²) >= 11 is 0. The molecule has 0 aliphatic carbocycles. The molecular weight excluding hydrogens is 623 g/mol. The van der Waals surface area contributed by atoms with E-state index in [1.54, 1.807) is 0 Å². The van der Waals surface area contributed by atoms with Crippen LogP contribution in [0.2, 0.25) is 0 Å². The summed E-state index contributed by atoms with van der Waals surface area (Å²) in [5.41, 5.74) is 2.49. The van der Waals surface area contributed by atoms with Crippen LogP contribution in [0.15, 0.2) is 109 Å². The minimum absolute atomic E-state index is 0.155. The summed E-state index contributed by atoms with van der Waals surface area (Å²) in [6, 6.07) is 30.1. The van der Waals surface area contributed by atoms with E-state index < -0.39 is 35.7 Å². The monoisotopic (exact) mass is 661 g/mol. The number of anilines is 1. The van der Waals surface area contributed by atoms with Gasteiger partial charge in [0, 0.05) is 24.7 Å². The van der Waals surface area contributed by atoms with Crippen LogP contribution >= 0.6 is 0 Å². The van der Waals surface area contributed by atoms with E-state index in [-0.39, 0.29) is 18.8 Å². The second kappa shape index (κ2) is 16.3. The second-order valence-electron chi connectivity index (χ2n) is 11.5. The van der Waals surface area contributed by atoms with Crippen molar-refractivity contribution in [2.24, 2.45) is 0 Å². The Morgan fingerprint density at radius 1 is 0.854 bits per heavy atom. The van der Waals surface area contributed by atoms with Crippen molar-refractivity contribution in [3.05, 3.63) is 131 Å². The molecular formula is C37H38F3N3O5. The first-order valence-corrected chi connectivity index (χ1v) is 15.7. The molecule has 1 fully saturated rings. The van der Waals surface area contributed by atoms with E-state index in [4.69, 9.17) is 14.2 Å². The fourth-order valence-electron chi connectivity index (χ4n) is 5.74. The zero-order chi connectivity index (χ0) is 33.9. The van der Waals surface area contributed by atoms with Gasteiger partial charge in [-0.05, 0) is 59.9 Å². The lowest BCUT2D eigenvalue weighted by molar-refractivity contribution is -0.137. The first kappa shape index (κ1) is 34.5. The number of ether oxygens (including phenoxy) is 3. The molecule has 1 heterocycles. The first-order valence-electron chi connectivity index (χ1n) is 15.7. The van der Waals surface area contributed by atoms with Gasteiger partial charge in [0.15, 0.2) is 0 Å². The minimum atomic E-state index is -4.40. The molecule has 0 spiro atoms. The van der Waals surface area contributed by atoms with Crippen molar-refractivity contribution in [1.29, 1.82) is 0 Å². The second-order valence-corrected chi connectivity index (χ2v) is 11.5. The Balaban J connectivity index is 1.24. The van der Waals surface area contributed by atoms with Gasteiger partial charge in [0.05, 0.1) is 18.8 Å². The van der Waals surface area contributed by atoms with Gasteiger partial charge < -0.3 is 30.2 Å². The van der Waals surface area contributed by atoms with Crippen LogP contribution in [0.1, 0.15) is 34.6 Å². The molecule has 1 aliphatic rings. The third kappa shape index (κ3) is 9.36. The number of methoxy groups -OCH3 is 1. The summed E-state index contributed by atoms with van der Waals surface area (Å²) in [6.07, 6.45) is -4.35. The number of carbonyl (C=O) groups excluding carboxylic acids is 2. The van der Waals surface area contributed by atoms with Gasteiger partial charge in [-0.2, -0.15) is 13.2 Å². The van der Waals surface area contributed by atoms with Crippen LogP contribution in [-0.4, -0.2) is 57.1 Å². The molecule has 0 unspecified atom stereocenters. The summed E-state index contributed by atoms with van der Waals surface area (Å²) < 4.78 is 55.4. The van der Waals surface area contributed by atoms with Crippen molar-refractivity contribution < 1.29 is 37.0 Å². The summed E-state index contributed by atoms with van der Waals surface area (Å²) in [6.45, 7) is 1.34. The van der Waals surface area contributed by atoms with Gasteiger partial charge in [0.2, 0.25) is 5.91 Å². The molecule has 1 aliphatic heterocycles. The molecule has 0 radical (unpaired) electrons. The lowest BCUT2D eigenvalue weighted by Crippen LogP contribution is -2.48. The quantitative estimate of drug-likeness (QED) is 0.159. The molecule has 48 heavy (non-hydrogen) atoms. The van der Waals surface area contributed by atoms with Gasteiger partial charge in [0.25, 0.3) is 0 Å². The third-order valence-electron chi connectivity index (χ3n) is 8.15. The molecule has 1 saturated heterocycles. The molecule has 0 aromatic heterocycles. The number of amides is 2. The van der Waals surface area contributed by atoms with Crippen LogP contribution < -0.4 is 20.7 Å². The maximum Gasteiger partial charge on any atom is 0.416 e. The lowest BCUT2D eigenvalue weighted by Gasteiger charge is -2.31. The fourth-order valence-corrected chi connectivity index (χ4v) is 5.74. The van der Waals surface area contributed by atoms with Crippen LogP contribution in [-0.2, 0) is 26.9 Å². The fraction of sp³-hybridized carbons (Fsp3) is 0.297. The number of benzene rings is 4. The number of alkyl carbamates (subject to hydrolysis) is 1. The van der Waals surface area contributed by atoms with Crippen LogP contribution in [0.25, 0.3) is 0 Å². The number of carbonyl (C=O) groups is 2. The van der Waals surface area contributed by atoms with Gasteiger partial charge in [-0.3, -0.25) is 4.79 Å². The van der Waals surface area contributed by atoms with Crippen molar-refractivity contribution in [2.75, 3.05) is 32.1 Å². The molecule has 4 aromatic rings. The number of para-hydroxylation sites is 1. The molecule has 0 saturated carbocycles. The highest BCUT2D eigenvalue weighted by molar-refractivity contribution is 5.98. The average Bonchev–Trinajstić information content (AvgIpc) is 3.11. The highest BCUT2D eigenvalue weighted by atomic mass is 19.4. The molecule has 5 rings (SSSR count). The van der Waals surface area contributed by atoms with Crippen molar-refractivity contribution in [1.82, 2.24) is 10.6 Å². The van der Waals surface area contributed by atoms with Crippen LogP contribution in [0.4, 0.5) is 23.7 Å². The molecule has 3 N–H and O–H groups in total. The Labute approximate surface area is 277 Å². The number of nitrogens with one attached hydrogen (secondary N) is 3. The normalized spacial score (nSPS) is 16.9. The number of aryl methyl sites for hydroxylation is 1. The van der Waals surface area contributed by atoms with Crippen molar-refractivity contribution >= 4 is 17.7 Å². The first-order chi connectivity index (χ1) is 23.2. The Bertz CT molecular complexity index is 1580. The smallest absolute Gasteiger partial charge is 0.416 e. The van der Waals surface area contributed by atoms with E-state index >= 15 is 0 Å². The number of rotatable bonds is 12. The highest BCUT2D eigenvalue weighted by Gasteiger charge is 2.33. The van der Waals surface area contributed by atoms with Gasteiger partial charge in [-0.25, -0.2) is 4.79 Å². The molecule has 3 atom stereocenters. The molecule has 2 amide bonds. The summed E-state index contributed by atoms with van der Waals surface area (Å²) in [4.78, 5) is 26.5. The molecule has 8 nitrogen and oxygen atoms in total. The molecule has 252 valence electrons. The Morgan fingerprint density at radius 3 is 2.08 bits per heavy atom. The predicted octanol–water partition coefficient (Wildman–Crippen LogP) is 6.57. The van der Waals surface area contributed by atoms with E-state index in [0.29, 0.717) is 37.4 Å². The number of alkyl halides is 3. The molecule has 4 aromatic carbocycles. The number of hydrogen-bond donors (Lipinski definition) is 3. The predicted molar refractivity (Wildman–Crippen MR) is 176 cm³/mol. The Morgan fingerprint density at radius 2 is 1.46 bits per heavy atom. The topological polar surface area (TPSA) is 97.9 Å². The van der Waals surface area contributed by atoms with Gasteiger partial charge in [-0.15, -0.1) is 0 Å². The largest absolute Gasteiger partial charge is 0.491 e. The van der Waals surface area contributed by atoms with Gasteiger partial charge in [0.1, 0.15) is 24.5 Å². The van der Waals surface area contributed by atoms with Gasteiger partial charge >= 0.3 is 12.3 Å². The van der Waals surface area contributed by atoms with Crippen LogP contribution in [0, 0.1) is 0 Å². The SMILES string of the molecule is COC(=O)N[C@H](C(=O)Nc1ccccc1CC[C@@H]1CNC[C@@H](COc2ccc(C(F)(F)F)cc2)O1)C(c1ccccc1)c1ccccc1. The number of morpholine rings is 1. The lowest BCUT2D eigenvalue weighted by atomic mass is 9.84. The average molecular weight is 662 g/mol. The Hall–Kier alpha value is -4.87. The van der Waals surface area contributed by atoms with Crippen LogP contribution in [0.5, 0.6) is 5.75 Å². The standard InChI is InChI=1S/C37H38F3N3O5/c1-46-36(45)43-34(33(26-11-4-2-5-12-26)27-13-6-3-7-14-27)35(44)42-32-15-9-8-10-25(32)16-19-30-22-41-23-31(48-30)24-47-29-20-17-28(18-21-29)37(38,39)40/h2-15,17-18,20-21,30-31,33-34,41H,16,19,22-24H2,1H3,(H,42,44)(H,43,45)/t30-,31+,34+/m1/s1. The maximum absolute atomic E-state index is 14.0. The Kier molecular flexibility index (Phi) is 11.7. The number of halogens is 3. The van der Waals surface area contributed by atoms with E-state index in [1.807, 2.05) is 84.9 Å². The summed E-state index contributed by atoms with van der Waals surface area (Å²) in [7, 11) is 1.26. The zero-order valence-corrected chi connectivity index (χ0v) is 26.4. The zero-order valence-electron chi connectivity index (χ0n) is 26.4. The van der Waals surface area contributed by atoms with Gasteiger partial charge in [-0.1, -0.05) is 78.9 Å². The van der Waals surface area contributed by atoms with Crippen molar-refractivity contribution in [3.8, 4) is 5.75 Å². The summed E-state index contributed by atoms with van der Waals surface area (Å²) in [5, 5.41) is 9.15. The van der Waals surface area contributed by atoms with E-state index in [1.165, 1.54) is 19.2 Å². The highest BCUT2D eigenvalue weighted by Crippen LogP contribution is 2.31. The number of hydrogen-bond acceptors (Lipinski definition) is 6. The van der Waals surface area contributed by atoms with E-state index in [9.17, 15) is 22.8 Å². The van der Waals surface area contributed by atoms with Crippen molar-refractivity contribution in [2.45, 2.75) is 43.2 Å². The maximum atomic E-state index is 14.0. The third-order valence-corrected chi connectivity index (χ3v) is 8.15. The molecule has 11 heteroatoms. The summed E-state index contributed by atoms with van der Waals surface area (Å²) in [5.74, 6) is -0.566. The van der Waals surface area contributed by atoms with E-state index in [0.717, 1.165) is 28.8 Å².